The van der Waals surface area contributed by atoms with Gasteiger partial charge in [-0.3, -0.25) is 4.79 Å². The number of nitrogen functional groups attached to an aromatic ring is 1. The van der Waals surface area contributed by atoms with Crippen molar-refractivity contribution in [1.29, 1.82) is 10.5 Å². The normalized spacial score (nSPS) is 11.4. The molecule has 2 aromatic rings. The van der Waals surface area contributed by atoms with Gasteiger partial charge in [0.2, 0.25) is 0 Å². The van der Waals surface area contributed by atoms with Crippen molar-refractivity contribution in [3.63, 3.8) is 0 Å². The van der Waals surface area contributed by atoms with Crippen LogP contribution in [0.25, 0.3) is 11.1 Å². The van der Waals surface area contributed by atoms with Crippen LogP contribution in [0.4, 0.5) is 5.82 Å². The number of nitrogens with two attached hydrogens (primary N) is 1. The van der Waals surface area contributed by atoms with E-state index in [0.717, 1.165) is 11.1 Å². The van der Waals surface area contributed by atoms with Crippen LogP contribution in [0.3, 0.4) is 0 Å². The van der Waals surface area contributed by atoms with E-state index in [0.29, 0.717) is 10.6 Å². The molecule has 0 spiro atoms. The molecule has 1 aromatic heterocycles. The van der Waals surface area contributed by atoms with Crippen molar-refractivity contribution >= 4 is 23.4 Å². The molecule has 0 fully saturated rings. The summed E-state index contributed by atoms with van der Waals surface area (Å²) in [4.78, 5) is 15.7. The fourth-order valence-corrected chi connectivity index (χ4v) is 3.06. The number of pyridine rings is 1. The Bertz CT molecular complexity index is 876. The van der Waals surface area contributed by atoms with Gasteiger partial charge >= 0.3 is 0 Å². The van der Waals surface area contributed by atoms with Gasteiger partial charge in [-0.2, -0.15) is 10.5 Å². The summed E-state index contributed by atoms with van der Waals surface area (Å²) < 4.78 is 0. The minimum atomic E-state index is -0.359. The van der Waals surface area contributed by atoms with E-state index >= 15 is 0 Å². The summed E-state index contributed by atoms with van der Waals surface area (Å²) in [6, 6.07) is 11.7. The molecule has 1 unspecified atom stereocenters. The zero-order chi connectivity index (χ0) is 17.9. The number of hydrogen-bond donors (Lipinski definition) is 1. The monoisotopic (exact) mass is 336 g/mol. The number of aryl methyl sites for hydroxylation is 1. The van der Waals surface area contributed by atoms with E-state index in [1.54, 1.807) is 6.92 Å². The second-order valence-corrected chi connectivity index (χ2v) is 6.72. The first-order chi connectivity index (χ1) is 11.4. The number of carbonyl (C=O) groups excluding carboxylic acids is 1. The molecular weight excluding hydrogens is 320 g/mol. The van der Waals surface area contributed by atoms with Gasteiger partial charge in [0.15, 0.2) is 0 Å². The maximum atomic E-state index is 11.5. The highest BCUT2D eigenvalue weighted by molar-refractivity contribution is 8.00. The van der Waals surface area contributed by atoms with E-state index in [4.69, 9.17) is 5.73 Å². The molecule has 24 heavy (non-hydrogen) atoms. The number of benzene rings is 1. The van der Waals surface area contributed by atoms with Crippen LogP contribution in [0.2, 0.25) is 0 Å². The van der Waals surface area contributed by atoms with Crippen molar-refractivity contribution in [2.75, 3.05) is 5.73 Å². The summed E-state index contributed by atoms with van der Waals surface area (Å²) in [5.74, 6) is 0.0378. The van der Waals surface area contributed by atoms with Crippen molar-refractivity contribution in [3.05, 3.63) is 41.0 Å². The van der Waals surface area contributed by atoms with Crippen LogP contribution in [0, 0.1) is 29.6 Å². The van der Waals surface area contributed by atoms with Crippen LogP contribution in [0.15, 0.2) is 29.3 Å². The summed E-state index contributed by atoms with van der Waals surface area (Å²) in [5, 5.41) is 19.1. The van der Waals surface area contributed by atoms with Crippen molar-refractivity contribution in [2.24, 2.45) is 0 Å². The van der Waals surface area contributed by atoms with Gasteiger partial charge in [-0.25, -0.2) is 4.98 Å². The average Bonchev–Trinajstić information content (AvgIpc) is 2.55. The Kier molecular flexibility index (Phi) is 5.23. The average molecular weight is 336 g/mol. The summed E-state index contributed by atoms with van der Waals surface area (Å²) in [6.07, 6.45) is 0. The number of nitriles is 2. The van der Waals surface area contributed by atoms with Crippen molar-refractivity contribution in [3.8, 4) is 23.3 Å². The lowest BCUT2D eigenvalue weighted by Gasteiger charge is -2.14. The lowest BCUT2D eigenvalue weighted by Crippen LogP contribution is -2.10. The largest absolute Gasteiger partial charge is 0.383 e. The van der Waals surface area contributed by atoms with Gasteiger partial charge in [0, 0.05) is 5.56 Å². The quantitative estimate of drug-likeness (QED) is 0.858. The SMILES string of the molecule is CC(=O)C(C)Sc1nc(N)c(C#N)c(-c2ccc(C)cc2)c1C#N. The molecule has 0 amide bonds. The molecule has 2 rings (SSSR count). The lowest BCUT2D eigenvalue weighted by molar-refractivity contribution is -0.116. The smallest absolute Gasteiger partial charge is 0.143 e. The Hall–Kier alpha value is -2.83. The van der Waals surface area contributed by atoms with Gasteiger partial charge in [0.05, 0.1) is 10.8 Å². The van der Waals surface area contributed by atoms with Gasteiger partial charge in [-0.15, -0.1) is 0 Å². The van der Waals surface area contributed by atoms with E-state index < -0.39 is 0 Å². The molecule has 0 aliphatic heterocycles. The van der Waals surface area contributed by atoms with Gasteiger partial charge in [0.1, 0.15) is 34.3 Å². The van der Waals surface area contributed by atoms with E-state index in [2.05, 4.69) is 11.1 Å². The number of carbonyl (C=O) groups is 1. The van der Waals surface area contributed by atoms with Crippen LogP contribution >= 0.6 is 11.8 Å². The minimum Gasteiger partial charge on any atom is -0.383 e. The van der Waals surface area contributed by atoms with Crippen LogP contribution in [-0.4, -0.2) is 16.0 Å². The predicted molar refractivity (Wildman–Crippen MR) is 94.3 cm³/mol. The number of aromatic nitrogens is 1. The standard InChI is InChI=1S/C18H16N4OS/c1-10-4-6-13(7-5-10)16-14(8-19)17(21)22-18(15(16)9-20)24-12(3)11(2)23/h4-7,12H,1-3H3,(H2,21,22). The first kappa shape index (κ1) is 17.5. The van der Waals surface area contributed by atoms with Crippen LogP contribution < -0.4 is 5.73 Å². The third-order valence-electron chi connectivity index (χ3n) is 3.62. The molecule has 0 aliphatic carbocycles. The fourth-order valence-electron chi connectivity index (χ4n) is 2.14. The molecule has 0 aliphatic rings. The molecular formula is C18H16N4OS. The Morgan fingerprint density at radius 1 is 1.21 bits per heavy atom. The highest BCUT2D eigenvalue weighted by Gasteiger charge is 2.22. The topological polar surface area (TPSA) is 104 Å². The van der Waals surface area contributed by atoms with Gasteiger partial charge < -0.3 is 5.73 Å². The molecule has 0 saturated carbocycles. The number of rotatable bonds is 4. The lowest BCUT2D eigenvalue weighted by atomic mass is 9.96. The summed E-state index contributed by atoms with van der Waals surface area (Å²) >= 11 is 1.18. The number of Topliss-reactive ketones (excluding diaryl/α,β-unsaturated/α-hetero) is 1. The number of nitrogens with zero attached hydrogens (tertiary/aromatic N) is 3. The van der Waals surface area contributed by atoms with E-state index in [9.17, 15) is 15.3 Å². The molecule has 2 N–H and O–H groups in total. The molecule has 1 heterocycles. The van der Waals surface area contributed by atoms with E-state index in [-0.39, 0.29) is 28.0 Å². The minimum absolute atomic E-state index is 0.0227. The van der Waals surface area contributed by atoms with Crippen molar-refractivity contribution in [1.82, 2.24) is 4.98 Å². The molecule has 1 aromatic carbocycles. The number of hydrogen-bond acceptors (Lipinski definition) is 6. The summed E-state index contributed by atoms with van der Waals surface area (Å²) in [7, 11) is 0. The zero-order valence-electron chi connectivity index (χ0n) is 13.6. The highest BCUT2D eigenvalue weighted by atomic mass is 32.2. The van der Waals surface area contributed by atoms with E-state index in [1.807, 2.05) is 37.3 Å². The predicted octanol–water partition coefficient (Wildman–Crippen LogP) is 3.45. The number of thioether (sulfide) groups is 1. The van der Waals surface area contributed by atoms with Gasteiger partial charge in [-0.05, 0) is 26.3 Å². The first-order valence-corrected chi connectivity index (χ1v) is 8.14. The third-order valence-corrected chi connectivity index (χ3v) is 4.82. The molecule has 6 heteroatoms. The second kappa shape index (κ2) is 7.16. The van der Waals surface area contributed by atoms with Crippen molar-refractivity contribution < 1.29 is 4.79 Å². The molecule has 0 saturated heterocycles. The Morgan fingerprint density at radius 2 is 1.79 bits per heavy atom. The molecule has 5 nitrogen and oxygen atoms in total. The Morgan fingerprint density at radius 3 is 2.29 bits per heavy atom. The second-order valence-electron chi connectivity index (χ2n) is 5.39. The summed E-state index contributed by atoms with van der Waals surface area (Å²) in [6.45, 7) is 5.18. The molecule has 120 valence electrons. The van der Waals surface area contributed by atoms with E-state index in [1.165, 1.54) is 18.7 Å². The first-order valence-electron chi connectivity index (χ1n) is 7.26. The Labute approximate surface area is 145 Å². The van der Waals surface area contributed by atoms with Crippen LogP contribution in [0.1, 0.15) is 30.5 Å². The molecule has 0 bridgehead atoms. The zero-order valence-corrected chi connectivity index (χ0v) is 14.4. The maximum Gasteiger partial charge on any atom is 0.143 e. The summed E-state index contributed by atoms with van der Waals surface area (Å²) in [5.41, 5.74) is 8.63. The van der Waals surface area contributed by atoms with Gasteiger partial charge in [0.25, 0.3) is 0 Å². The molecule has 0 radical (unpaired) electrons. The highest BCUT2D eigenvalue weighted by Crippen LogP contribution is 2.37. The molecule has 1 atom stereocenters. The van der Waals surface area contributed by atoms with Crippen LogP contribution in [0.5, 0.6) is 0 Å². The number of anilines is 1. The number of ketones is 1. The maximum absolute atomic E-state index is 11.5. The van der Waals surface area contributed by atoms with Crippen molar-refractivity contribution in [2.45, 2.75) is 31.0 Å². The fraction of sp³-hybridized carbons (Fsp3) is 0.222. The van der Waals surface area contributed by atoms with Crippen LogP contribution in [-0.2, 0) is 4.79 Å². The Balaban J connectivity index is 2.74. The van der Waals surface area contributed by atoms with Gasteiger partial charge in [-0.1, -0.05) is 41.6 Å². The third kappa shape index (κ3) is 3.40.